The fourth-order valence-electron chi connectivity index (χ4n) is 2.97. The molecule has 1 aromatic heterocycles. The Bertz CT molecular complexity index is 663. The van der Waals surface area contributed by atoms with Crippen molar-refractivity contribution in [2.24, 2.45) is 0 Å². The first-order valence-electron chi connectivity index (χ1n) is 8.59. The summed E-state index contributed by atoms with van der Waals surface area (Å²) in [6.07, 6.45) is 6.02. The Balaban J connectivity index is 1.76. The van der Waals surface area contributed by atoms with Gasteiger partial charge in [0, 0.05) is 18.8 Å². The quantitative estimate of drug-likeness (QED) is 0.532. The summed E-state index contributed by atoms with van der Waals surface area (Å²) in [5.41, 5.74) is 2.32. The topological polar surface area (TPSA) is 44.1 Å². The fraction of sp³-hybridized carbons (Fsp3) is 0.474. The Labute approximate surface area is 147 Å². The van der Waals surface area contributed by atoms with Crippen LogP contribution < -0.4 is 0 Å². The zero-order chi connectivity index (χ0) is 16.8. The standard InChI is InChI=1S/C19H24N2O2S/c1-15(22)7-6-12-24-19-20-13-18(16-8-3-2-4-9-16)21(19)14-17-10-5-11-23-17/h2-4,8-9,13,17H,5-7,10-12,14H2,1H3. The van der Waals surface area contributed by atoms with Gasteiger partial charge in [-0.2, -0.15) is 0 Å². The molecule has 24 heavy (non-hydrogen) atoms. The molecule has 5 heteroatoms. The molecule has 1 atom stereocenters. The van der Waals surface area contributed by atoms with Crippen molar-refractivity contribution in [1.82, 2.24) is 9.55 Å². The van der Waals surface area contributed by atoms with E-state index < -0.39 is 0 Å². The van der Waals surface area contributed by atoms with Gasteiger partial charge in [-0.15, -0.1) is 0 Å². The van der Waals surface area contributed by atoms with E-state index in [1.807, 2.05) is 12.3 Å². The number of Topliss-reactive ketones (excluding diaryl/α,β-unsaturated/α-hetero) is 1. The summed E-state index contributed by atoms with van der Waals surface area (Å²) >= 11 is 1.73. The van der Waals surface area contributed by atoms with E-state index in [9.17, 15) is 4.79 Å². The molecule has 2 heterocycles. The average molecular weight is 344 g/mol. The predicted octanol–water partition coefficient (Wildman–Crippen LogP) is 4.19. The summed E-state index contributed by atoms with van der Waals surface area (Å²) in [6.45, 7) is 3.36. The Hall–Kier alpha value is -1.59. The fourth-order valence-corrected chi connectivity index (χ4v) is 3.89. The third-order valence-corrected chi connectivity index (χ3v) is 5.28. The number of thioether (sulfide) groups is 1. The largest absolute Gasteiger partial charge is 0.376 e. The molecule has 2 aromatic rings. The van der Waals surface area contributed by atoms with Gasteiger partial charge in [0.25, 0.3) is 0 Å². The number of hydrogen-bond donors (Lipinski definition) is 0. The number of nitrogens with zero attached hydrogens (tertiary/aromatic N) is 2. The molecule has 0 saturated carbocycles. The van der Waals surface area contributed by atoms with Crippen molar-refractivity contribution in [3.8, 4) is 11.3 Å². The Morgan fingerprint density at radius 2 is 2.21 bits per heavy atom. The smallest absolute Gasteiger partial charge is 0.168 e. The Kier molecular flexibility index (Phi) is 6.10. The summed E-state index contributed by atoms with van der Waals surface area (Å²) in [4.78, 5) is 15.7. The third kappa shape index (κ3) is 4.48. The highest BCUT2D eigenvalue weighted by Crippen LogP contribution is 2.28. The van der Waals surface area contributed by atoms with Crippen LogP contribution in [0.3, 0.4) is 0 Å². The lowest BCUT2D eigenvalue weighted by molar-refractivity contribution is -0.117. The monoisotopic (exact) mass is 344 g/mol. The zero-order valence-corrected chi connectivity index (χ0v) is 14.9. The van der Waals surface area contributed by atoms with E-state index in [1.165, 1.54) is 5.56 Å². The molecule has 0 N–H and O–H groups in total. The molecule has 1 aliphatic heterocycles. The molecular weight excluding hydrogens is 320 g/mol. The van der Waals surface area contributed by atoms with Crippen LogP contribution in [0.25, 0.3) is 11.3 Å². The maximum absolute atomic E-state index is 11.1. The van der Waals surface area contributed by atoms with Gasteiger partial charge >= 0.3 is 0 Å². The first-order chi connectivity index (χ1) is 11.7. The zero-order valence-electron chi connectivity index (χ0n) is 14.1. The van der Waals surface area contributed by atoms with E-state index in [-0.39, 0.29) is 11.9 Å². The minimum absolute atomic E-state index is 0.253. The second kappa shape index (κ2) is 8.49. The molecular formula is C19H24N2O2S. The van der Waals surface area contributed by atoms with Gasteiger partial charge in [-0.3, -0.25) is 0 Å². The molecule has 1 aliphatic rings. The van der Waals surface area contributed by atoms with E-state index in [1.54, 1.807) is 18.7 Å². The minimum atomic E-state index is 0.253. The second-order valence-electron chi connectivity index (χ2n) is 6.19. The lowest BCUT2D eigenvalue weighted by Gasteiger charge is -2.16. The van der Waals surface area contributed by atoms with Crippen LogP contribution in [0.2, 0.25) is 0 Å². The molecule has 1 unspecified atom stereocenters. The molecule has 0 radical (unpaired) electrons. The van der Waals surface area contributed by atoms with Gasteiger partial charge in [0.1, 0.15) is 5.78 Å². The van der Waals surface area contributed by atoms with Gasteiger partial charge < -0.3 is 14.1 Å². The van der Waals surface area contributed by atoms with E-state index in [0.29, 0.717) is 6.42 Å². The van der Waals surface area contributed by atoms with Gasteiger partial charge in [-0.05, 0) is 31.7 Å². The molecule has 0 bridgehead atoms. The number of benzene rings is 1. The number of ketones is 1. The first kappa shape index (κ1) is 17.2. The maximum Gasteiger partial charge on any atom is 0.168 e. The molecule has 128 valence electrons. The molecule has 4 nitrogen and oxygen atoms in total. The normalized spacial score (nSPS) is 17.3. The molecule has 0 aliphatic carbocycles. The third-order valence-electron chi connectivity index (χ3n) is 4.20. The first-order valence-corrected chi connectivity index (χ1v) is 9.57. The van der Waals surface area contributed by atoms with Crippen molar-refractivity contribution >= 4 is 17.5 Å². The van der Waals surface area contributed by atoms with E-state index in [2.05, 4.69) is 33.8 Å². The Morgan fingerprint density at radius 1 is 1.38 bits per heavy atom. The summed E-state index contributed by atoms with van der Waals surface area (Å²) in [6, 6.07) is 10.4. The number of aromatic nitrogens is 2. The molecule has 1 fully saturated rings. The average Bonchev–Trinajstić information content (AvgIpc) is 3.23. The summed E-state index contributed by atoms with van der Waals surface area (Å²) in [5, 5.41) is 1.02. The van der Waals surface area contributed by atoms with Crippen LogP contribution in [0.1, 0.15) is 32.6 Å². The number of carbonyl (C=O) groups is 1. The van der Waals surface area contributed by atoms with Crippen molar-refractivity contribution in [2.75, 3.05) is 12.4 Å². The van der Waals surface area contributed by atoms with Crippen molar-refractivity contribution in [1.29, 1.82) is 0 Å². The lowest BCUT2D eigenvalue weighted by atomic mass is 10.1. The molecule has 1 aromatic carbocycles. The number of ether oxygens (including phenoxy) is 1. The van der Waals surface area contributed by atoms with E-state index in [4.69, 9.17) is 4.74 Å². The molecule has 3 rings (SSSR count). The van der Waals surface area contributed by atoms with Crippen molar-refractivity contribution in [3.05, 3.63) is 36.5 Å². The number of carbonyl (C=O) groups excluding carboxylic acids is 1. The van der Waals surface area contributed by atoms with E-state index in [0.717, 1.165) is 49.0 Å². The van der Waals surface area contributed by atoms with Gasteiger partial charge in [-0.25, -0.2) is 4.98 Å². The van der Waals surface area contributed by atoms with Crippen LogP contribution in [0.4, 0.5) is 0 Å². The highest BCUT2D eigenvalue weighted by Gasteiger charge is 2.20. The van der Waals surface area contributed by atoms with Crippen LogP contribution in [-0.2, 0) is 16.1 Å². The van der Waals surface area contributed by atoms with E-state index >= 15 is 0 Å². The number of hydrogen-bond acceptors (Lipinski definition) is 4. The molecule has 0 amide bonds. The van der Waals surface area contributed by atoms with Crippen LogP contribution in [0.15, 0.2) is 41.7 Å². The highest BCUT2D eigenvalue weighted by atomic mass is 32.2. The predicted molar refractivity (Wildman–Crippen MR) is 97.3 cm³/mol. The van der Waals surface area contributed by atoms with Gasteiger partial charge in [0.15, 0.2) is 5.16 Å². The Morgan fingerprint density at radius 3 is 2.92 bits per heavy atom. The summed E-state index contributed by atoms with van der Waals surface area (Å²) in [5.74, 6) is 1.17. The van der Waals surface area contributed by atoms with Crippen LogP contribution in [0.5, 0.6) is 0 Å². The van der Waals surface area contributed by atoms with Crippen LogP contribution in [0, 0.1) is 0 Å². The lowest BCUT2D eigenvalue weighted by Crippen LogP contribution is -2.16. The summed E-state index contributed by atoms with van der Waals surface area (Å²) in [7, 11) is 0. The minimum Gasteiger partial charge on any atom is -0.376 e. The highest BCUT2D eigenvalue weighted by molar-refractivity contribution is 7.99. The van der Waals surface area contributed by atoms with Crippen LogP contribution in [-0.4, -0.2) is 33.8 Å². The van der Waals surface area contributed by atoms with Gasteiger partial charge in [-0.1, -0.05) is 42.1 Å². The van der Waals surface area contributed by atoms with Crippen LogP contribution >= 0.6 is 11.8 Å². The van der Waals surface area contributed by atoms with Crippen molar-refractivity contribution in [2.45, 2.75) is 50.4 Å². The van der Waals surface area contributed by atoms with Gasteiger partial charge in [0.05, 0.1) is 24.5 Å². The number of imidazole rings is 1. The number of rotatable bonds is 8. The van der Waals surface area contributed by atoms with Crippen molar-refractivity contribution < 1.29 is 9.53 Å². The molecule has 1 saturated heterocycles. The second-order valence-corrected chi connectivity index (χ2v) is 7.25. The van der Waals surface area contributed by atoms with Gasteiger partial charge in [0.2, 0.25) is 0 Å². The van der Waals surface area contributed by atoms with Crippen molar-refractivity contribution in [3.63, 3.8) is 0 Å². The molecule has 0 spiro atoms. The summed E-state index contributed by atoms with van der Waals surface area (Å²) < 4.78 is 8.11. The SMILES string of the molecule is CC(=O)CCCSc1ncc(-c2ccccc2)n1CC1CCCO1. The maximum atomic E-state index is 11.1.